The summed E-state index contributed by atoms with van der Waals surface area (Å²) in [5.41, 5.74) is 0. The van der Waals surface area contributed by atoms with Crippen molar-refractivity contribution in [2.75, 3.05) is 6.54 Å². The van der Waals surface area contributed by atoms with E-state index >= 15 is 0 Å². The highest BCUT2D eigenvalue weighted by Gasteiger charge is 2.25. The Hall–Kier alpha value is -1.06. The number of carbonyl (C=O) groups excluding carboxylic acids is 1. The number of rotatable bonds is 3. The number of nitrogens with one attached hydrogen (secondary N) is 1. The van der Waals surface area contributed by atoms with Gasteiger partial charge in [0.25, 0.3) is 0 Å². The summed E-state index contributed by atoms with van der Waals surface area (Å²) in [5, 5.41) is 11.5. The Morgan fingerprint density at radius 1 is 1.29 bits per heavy atom. The van der Waals surface area contributed by atoms with Gasteiger partial charge in [0.15, 0.2) is 0 Å². The maximum absolute atomic E-state index is 10.7. The van der Waals surface area contributed by atoms with E-state index in [2.05, 4.69) is 5.32 Å². The van der Waals surface area contributed by atoms with Gasteiger partial charge >= 0.3 is 5.97 Å². The van der Waals surface area contributed by atoms with Gasteiger partial charge in [0.1, 0.15) is 0 Å². The van der Waals surface area contributed by atoms with Crippen LogP contribution >= 0.6 is 0 Å². The van der Waals surface area contributed by atoms with Gasteiger partial charge in [-0.3, -0.25) is 9.59 Å². The van der Waals surface area contributed by atoms with Crippen LogP contribution in [0.2, 0.25) is 0 Å². The van der Waals surface area contributed by atoms with Crippen molar-refractivity contribution in [3.63, 3.8) is 0 Å². The van der Waals surface area contributed by atoms with Crippen molar-refractivity contribution in [1.29, 1.82) is 0 Å². The molecule has 0 spiro atoms. The molecule has 0 bridgehead atoms. The van der Waals surface area contributed by atoms with Crippen molar-refractivity contribution in [3.8, 4) is 0 Å². The van der Waals surface area contributed by atoms with Gasteiger partial charge in [0.2, 0.25) is 5.91 Å². The van der Waals surface area contributed by atoms with E-state index in [-0.39, 0.29) is 11.8 Å². The summed E-state index contributed by atoms with van der Waals surface area (Å²) in [7, 11) is 0. The van der Waals surface area contributed by atoms with Gasteiger partial charge in [0, 0.05) is 13.5 Å². The second-order valence-electron chi connectivity index (χ2n) is 3.99. The molecule has 1 aliphatic rings. The van der Waals surface area contributed by atoms with Crippen LogP contribution in [-0.2, 0) is 9.59 Å². The zero-order valence-electron chi connectivity index (χ0n) is 8.45. The molecule has 1 saturated carbocycles. The molecule has 0 radical (unpaired) electrons. The maximum Gasteiger partial charge on any atom is 0.306 e. The molecule has 0 atom stereocenters. The number of carbonyl (C=O) groups is 2. The average molecular weight is 199 g/mol. The third-order valence-electron chi connectivity index (χ3n) is 2.84. The quantitative estimate of drug-likeness (QED) is 0.713. The van der Waals surface area contributed by atoms with Gasteiger partial charge < -0.3 is 10.4 Å². The highest BCUT2D eigenvalue weighted by Crippen LogP contribution is 2.28. The molecular weight excluding hydrogens is 182 g/mol. The summed E-state index contributed by atoms with van der Waals surface area (Å²) < 4.78 is 0. The molecule has 0 unspecified atom stereocenters. The van der Waals surface area contributed by atoms with Gasteiger partial charge in [-0.2, -0.15) is 0 Å². The second kappa shape index (κ2) is 4.98. The number of amides is 1. The molecule has 0 saturated heterocycles. The largest absolute Gasteiger partial charge is 0.481 e. The van der Waals surface area contributed by atoms with Crippen molar-refractivity contribution in [1.82, 2.24) is 5.32 Å². The van der Waals surface area contributed by atoms with Gasteiger partial charge in [-0.1, -0.05) is 0 Å². The average Bonchev–Trinajstić information content (AvgIpc) is 2.15. The van der Waals surface area contributed by atoms with E-state index in [1.165, 1.54) is 6.92 Å². The normalized spacial score (nSPS) is 26.9. The van der Waals surface area contributed by atoms with Crippen LogP contribution in [0.3, 0.4) is 0 Å². The van der Waals surface area contributed by atoms with Gasteiger partial charge in [-0.05, 0) is 31.6 Å². The molecule has 1 aliphatic carbocycles. The Bertz CT molecular complexity index is 219. The van der Waals surface area contributed by atoms with Crippen molar-refractivity contribution < 1.29 is 14.7 Å². The minimum atomic E-state index is -0.678. The van der Waals surface area contributed by atoms with E-state index in [1.54, 1.807) is 0 Å². The molecule has 0 aromatic carbocycles. The number of aliphatic carboxylic acids is 1. The van der Waals surface area contributed by atoms with E-state index in [0.717, 1.165) is 25.7 Å². The summed E-state index contributed by atoms with van der Waals surface area (Å²) in [6.45, 7) is 2.20. The predicted octanol–water partition coefficient (Wildman–Crippen LogP) is 1.01. The van der Waals surface area contributed by atoms with Gasteiger partial charge in [-0.15, -0.1) is 0 Å². The van der Waals surface area contributed by atoms with Crippen LogP contribution in [0.4, 0.5) is 0 Å². The van der Waals surface area contributed by atoms with Crippen molar-refractivity contribution in [2.24, 2.45) is 11.8 Å². The zero-order chi connectivity index (χ0) is 10.6. The van der Waals surface area contributed by atoms with E-state index in [9.17, 15) is 9.59 Å². The first-order valence-corrected chi connectivity index (χ1v) is 5.07. The van der Waals surface area contributed by atoms with E-state index in [4.69, 9.17) is 5.11 Å². The lowest BCUT2D eigenvalue weighted by molar-refractivity contribution is -0.143. The molecule has 4 nitrogen and oxygen atoms in total. The number of carboxylic acids is 1. The van der Waals surface area contributed by atoms with E-state index in [0.29, 0.717) is 12.5 Å². The molecule has 0 aromatic rings. The first-order valence-electron chi connectivity index (χ1n) is 5.07. The standard InChI is InChI=1S/C10H17NO3/c1-7(12)11-6-8-2-4-9(5-3-8)10(13)14/h8-9H,2-6H2,1H3,(H,11,12)(H,13,14). The van der Waals surface area contributed by atoms with Crippen LogP contribution in [0, 0.1) is 11.8 Å². The zero-order valence-corrected chi connectivity index (χ0v) is 8.45. The van der Waals surface area contributed by atoms with Crippen LogP contribution in [0.5, 0.6) is 0 Å². The van der Waals surface area contributed by atoms with Crippen molar-refractivity contribution in [3.05, 3.63) is 0 Å². The van der Waals surface area contributed by atoms with Crippen molar-refractivity contribution >= 4 is 11.9 Å². The topological polar surface area (TPSA) is 66.4 Å². The SMILES string of the molecule is CC(=O)NCC1CCC(C(=O)O)CC1. The molecule has 1 rings (SSSR count). The molecule has 0 heterocycles. The molecule has 0 aliphatic heterocycles. The first-order chi connectivity index (χ1) is 6.59. The Morgan fingerprint density at radius 3 is 2.29 bits per heavy atom. The number of hydrogen-bond donors (Lipinski definition) is 2. The second-order valence-corrected chi connectivity index (χ2v) is 3.99. The van der Waals surface area contributed by atoms with E-state index in [1.807, 2.05) is 0 Å². The number of carboxylic acid groups (broad SMARTS) is 1. The predicted molar refractivity (Wildman–Crippen MR) is 51.8 cm³/mol. The monoisotopic (exact) mass is 199 g/mol. The molecule has 80 valence electrons. The van der Waals surface area contributed by atoms with Crippen LogP contribution in [0.1, 0.15) is 32.6 Å². The Morgan fingerprint density at radius 2 is 1.86 bits per heavy atom. The fourth-order valence-corrected chi connectivity index (χ4v) is 1.90. The molecule has 1 amide bonds. The molecule has 1 fully saturated rings. The molecule has 2 N–H and O–H groups in total. The Kier molecular flexibility index (Phi) is 3.92. The highest BCUT2D eigenvalue weighted by molar-refractivity contribution is 5.72. The van der Waals surface area contributed by atoms with Gasteiger partial charge in [0.05, 0.1) is 5.92 Å². The van der Waals surface area contributed by atoms with Crippen LogP contribution < -0.4 is 5.32 Å². The lowest BCUT2D eigenvalue weighted by Gasteiger charge is -2.25. The molecule has 14 heavy (non-hydrogen) atoms. The smallest absolute Gasteiger partial charge is 0.306 e. The van der Waals surface area contributed by atoms with E-state index < -0.39 is 5.97 Å². The summed E-state index contributed by atoms with van der Waals surface area (Å²) in [5.74, 6) is -0.383. The van der Waals surface area contributed by atoms with Gasteiger partial charge in [-0.25, -0.2) is 0 Å². The first kappa shape index (κ1) is 11.0. The lowest BCUT2D eigenvalue weighted by Crippen LogP contribution is -2.31. The minimum Gasteiger partial charge on any atom is -0.481 e. The van der Waals surface area contributed by atoms with Crippen LogP contribution in [0.25, 0.3) is 0 Å². The Labute approximate surface area is 83.7 Å². The van der Waals surface area contributed by atoms with Crippen LogP contribution in [-0.4, -0.2) is 23.5 Å². The lowest BCUT2D eigenvalue weighted by atomic mass is 9.82. The van der Waals surface area contributed by atoms with Crippen molar-refractivity contribution in [2.45, 2.75) is 32.6 Å². The minimum absolute atomic E-state index is 0.00893. The highest BCUT2D eigenvalue weighted by atomic mass is 16.4. The Balaban J connectivity index is 2.22. The maximum atomic E-state index is 10.7. The fraction of sp³-hybridized carbons (Fsp3) is 0.800. The number of hydrogen-bond acceptors (Lipinski definition) is 2. The summed E-state index contributed by atoms with van der Waals surface area (Å²) >= 11 is 0. The summed E-state index contributed by atoms with van der Waals surface area (Å²) in [4.78, 5) is 21.3. The molecule has 4 heteroatoms. The molecular formula is C10H17NO3. The van der Waals surface area contributed by atoms with Crippen LogP contribution in [0.15, 0.2) is 0 Å². The summed E-state index contributed by atoms with van der Waals surface area (Å²) in [6.07, 6.45) is 3.33. The molecule has 0 aromatic heterocycles. The third kappa shape index (κ3) is 3.36. The fourth-order valence-electron chi connectivity index (χ4n) is 1.90. The third-order valence-corrected chi connectivity index (χ3v) is 2.84. The summed E-state index contributed by atoms with van der Waals surface area (Å²) in [6, 6.07) is 0.